The molecule has 2 heterocycles. The Kier molecular flexibility index (Phi) is 8.25. The van der Waals surface area contributed by atoms with Gasteiger partial charge < -0.3 is 7.74 Å². The fourth-order valence-electron chi connectivity index (χ4n) is 3.82. The Morgan fingerprint density at radius 3 is 1.26 bits per heavy atom. The molecule has 4 amide bonds. The second kappa shape index (κ2) is 9.94. The Bertz CT molecular complexity index is 709. The second-order valence-corrected chi connectivity index (χ2v) is 21.0. The normalized spacial score (nSPS) is 18.1. The molecule has 0 aromatic rings. The summed E-state index contributed by atoms with van der Waals surface area (Å²) >= 11 is 0. The summed E-state index contributed by atoms with van der Waals surface area (Å²) in [7, 11) is -5.87. The largest absolute Gasteiger partial charge is 0.331 e. The van der Waals surface area contributed by atoms with Gasteiger partial charge in [-0.1, -0.05) is 0 Å². The molecule has 0 aromatic carbocycles. The van der Waals surface area contributed by atoms with Crippen molar-refractivity contribution in [1.29, 1.82) is 0 Å². The van der Waals surface area contributed by atoms with E-state index in [1.807, 2.05) is 12.5 Å². The number of hydrogen-bond acceptors (Lipinski definition) is 6. The average Bonchev–Trinajstić information content (AvgIpc) is 3.09. The third-order valence-corrected chi connectivity index (χ3v) is 14.9. The predicted molar refractivity (Wildman–Crippen MR) is 127 cm³/mol. The molecule has 0 aliphatic carbocycles. The van der Waals surface area contributed by atoms with E-state index in [0.717, 1.165) is 12.1 Å². The van der Waals surface area contributed by atoms with E-state index in [0.29, 0.717) is 25.9 Å². The average molecular weight is 487 g/mol. The summed E-state index contributed by atoms with van der Waals surface area (Å²) in [4.78, 5) is 49.2. The molecule has 0 aromatic heterocycles. The van der Waals surface area contributed by atoms with E-state index >= 15 is 0 Å². The van der Waals surface area contributed by atoms with E-state index in [2.05, 4.69) is 26.2 Å². The van der Waals surface area contributed by atoms with Crippen molar-refractivity contribution >= 4 is 50.9 Å². The molecule has 11 heteroatoms. The highest BCUT2D eigenvalue weighted by atomic mass is 32.3. The molecule has 0 unspecified atom stereocenters. The van der Waals surface area contributed by atoms with Gasteiger partial charge in [-0.05, 0) is 51.1 Å². The minimum absolute atomic E-state index is 0.249. The zero-order chi connectivity index (χ0) is 23.4. The Labute approximate surface area is 188 Å². The van der Waals surface area contributed by atoms with Gasteiger partial charge in [-0.3, -0.25) is 29.0 Å². The van der Waals surface area contributed by atoms with E-state index in [4.69, 9.17) is 7.74 Å². The molecule has 8 nitrogen and oxygen atoms in total. The van der Waals surface area contributed by atoms with Gasteiger partial charge in [0.1, 0.15) is 0 Å². The monoisotopic (exact) mass is 486 g/mol. The van der Waals surface area contributed by atoms with Gasteiger partial charge in [-0.2, -0.15) is 0 Å². The van der Waals surface area contributed by atoms with Crippen LogP contribution in [-0.4, -0.2) is 75.7 Å². The Morgan fingerprint density at radius 2 is 0.968 bits per heavy atom. The van der Waals surface area contributed by atoms with Crippen molar-refractivity contribution in [1.82, 2.24) is 9.80 Å². The molecule has 0 atom stereocenters. The highest BCUT2D eigenvalue weighted by molar-refractivity contribution is 8.26. The number of hydrogen-bond donors (Lipinski definition) is 0. The highest BCUT2D eigenvalue weighted by Gasteiger charge is 2.34. The van der Waals surface area contributed by atoms with Crippen LogP contribution in [0.5, 0.6) is 0 Å². The number of rotatable bonds is 12. The van der Waals surface area contributed by atoms with Crippen molar-refractivity contribution in [2.45, 2.75) is 51.1 Å². The van der Waals surface area contributed by atoms with E-state index < -0.39 is 27.2 Å². The fraction of sp³-hybridized carbons (Fsp3) is 0.600. The third-order valence-electron chi connectivity index (χ3n) is 4.97. The molecule has 0 spiro atoms. The Hall–Kier alpha value is -1.54. The standard InChI is InChI=1S/C20H34N2O6SSi2/c1-29(2,27-30(3,4)15-7-13-21-17(23)9-10-18(21)24)28-31(5,6)16-8-14-22-19(25)11-12-20(22)26/h9-12H,7-8,13-16H2,1-6H3. The van der Waals surface area contributed by atoms with E-state index in [1.165, 1.54) is 34.1 Å². The molecule has 31 heavy (non-hydrogen) atoms. The summed E-state index contributed by atoms with van der Waals surface area (Å²) in [6.07, 6.45) is 10.7. The van der Waals surface area contributed by atoms with Crippen LogP contribution in [0, 0.1) is 0 Å². The maximum atomic E-state index is 11.7. The summed E-state index contributed by atoms with van der Waals surface area (Å²) in [6.45, 7) is 9.33. The molecular formula is C20H34N2O6SSi2. The summed E-state index contributed by atoms with van der Waals surface area (Å²) in [5.74, 6) is -0.998. The zero-order valence-corrected chi connectivity index (χ0v) is 22.1. The SMILES string of the molecule is C[Si](C)(CCCN1C(=O)C=CC1=O)OS(C)(C)O[Si](C)(C)CCCN1C(=O)C=CC1=O. The molecule has 0 saturated heterocycles. The van der Waals surface area contributed by atoms with Gasteiger partial charge in [-0.25, -0.2) is 10.6 Å². The molecular weight excluding hydrogens is 452 g/mol. The first-order valence-electron chi connectivity index (χ1n) is 10.4. The van der Waals surface area contributed by atoms with Crippen LogP contribution >= 0.6 is 10.6 Å². The molecule has 2 aliphatic heterocycles. The maximum absolute atomic E-state index is 11.7. The van der Waals surface area contributed by atoms with Gasteiger partial charge in [0.05, 0.1) is 0 Å². The molecule has 0 bridgehead atoms. The number of carbonyl (C=O) groups excluding carboxylic acids is 4. The quantitative estimate of drug-likeness (QED) is 0.311. The lowest BCUT2D eigenvalue weighted by Gasteiger charge is -2.46. The molecule has 2 rings (SSSR count). The minimum atomic E-state index is -2.07. The van der Waals surface area contributed by atoms with E-state index in [-0.39, 0.29) is 23.6 Å². The van der Waals surface area contributed by atoms with Crippen molar-refractivity contribution in [3.63, 3.8) is 0 Å². The molecule has 174 valence electrons. The lowest BCUT2D eigenvalue weighted by Crippen LogP contribution is -2.39. The van der Waals surface area contributed by atoms with Crippen molar-refractivity contribution in [3.8, 4) is 0 Å². The van der Waals surface area contributed by atoms with E-state index in [1.54, 1.807) is 0 Å². The minimum Gasteiger partial charge on any atom is -0.331 e. The van der Waals surface area contributed by atoms with Gasteiger partial charge in [-0.15, -0.1) is 0 Å². The van der Waals surface area contributed by atoms with Crippen LogP contribution in [0.1, 0.15) is 12.8 Å². The number of amides is 4. The van der Waals surface area contributed by atoms with Crippen LogP contribution in [0.15, 0.2) is 24.3 Å². The summed E-state index contributed by atoms with van der Waals surface area (Å²) in [5.41, 5.74) is 0. The van der Waals surface area contributed by atoms with Crippen LogP contribution in [-0.2, 0) is 26.9 Å². The van der Waals surface area contributed by atoms with Gasteiger partial charge >= 0.3 is 0 Å². The third kappa shape index (κ3) is 7.83. The first-order chi connectivity index (χ1) is 14.2. The Balaban J connectivity index is 1.78. The molecule has 0 radical (unpaired) electrons. The molecule has 0 fully saturated rings. The molecule has 2 aliphatic rings. The zero-order valence-electron chi connectivity index (χ0n) is 19.3. The van der Waals surface area contributed by atoms with Gasteiger partial charge in [0.2, 0.25) is 16.6 Å². The fourth-order valence-corrected chi connectivity index (χ4v) is 15.6. The Morgan fingerprint density at radius 1 is 0.677 bits per heavy atom. The van der Waals surface area contributed by atoms with Crippen molar-refractivity contribution in [2.75, 3.05) is 25.6 Å². The summed E-state index contributed by atoms with van der Waals surface area (Å²) in [6, 6.07) is 1.63. The van der Waals surface area contributed by atoms with Crippen LogP contribution in [0.4, 0.5) is 0 Å². The van der Waals surface area contributed by atoms with Crippen LogP contribution in [0.3, 0.4) is 0 Å². The second-order valence-electron chi connectivity index (χ2n) is 9.36. The van der Waals surface area contributed by atoms with Crippen LogP contribution in [0.25, 0.3) is 0 Å². The smallest absolute Gasteiger partial charge is 0.253 e. The lowest BCUT2D eigenvalue weighted by atomic mass is 10.4. The molecule has 0 N–H and O–H groups in total. The van der Waals surface area contributed by atoms with Crippen LogP contribution in [0.2, 0.25) is 38.3 Å². The van der Waals surface area contributed by atoms with Crippen LogP contribution < -0.4 is 0 Å². The van der Waals surface area contributed by atoms with Gasteiger partial charge in [0.15, 0.2) is 0 Å². The topological polar surface area (TPSA) is 93.2 Å². The summed E-state index contributed by atoms with van der Waals surface area (Å²) in [5, 5.41) is 0. The van der Waals surface area contributed by atoms with Gasteiger partial charge in [0, 0.05) is 49.9 Å². The number of nitrogens with zero attached hydrogens (tertiary/aromatic N) is 2. The molecule has 0 saturated carbocycles. The first kappa shape index (κ1) is 25.7. The van der Waals surface area contributed by atoms with Crippen molar-refractivity contribution in [2.24, 2.45) is 0 Å². The van der Waals surface area contributed by atoms with E-state index in [9.17, 15) is 19.2 Å². The first-order valence-corrected chi connectivity index (χ1v) is 19.0. The van der Waals surface area contributed by atoms with Gasteiger partial charge in [0.25, 0.3) is 23.6 Å². The lowest BCUT2D eigenvalue weighted by molar-refractivity contribution is -0.138. The summed E-state index contributed by atoms with van der Waals surface area (Å²) < 4.78 is 13.0. The van der Waals surface area contributed by atoms with Crippen molar-refractivity contribution < 1.29 is 26.9 Å². The predicted octanol–water partition coefficient (Wildman–Crippen LogP) is 2.95. The maximum Gasteiger partial charge on any atom is 0.253 e. The highest BCUT2D eigenvalue weighted by Crippen LogP contribution is 2.49. The van der Waals surface area contributed by atoms with Crippen molar-refractivity contribution in [3.05, 3.63) is 24.3 Å². The number of imide groups is 2. The number of carbonyl (C=O) groups is 4.